The van der Waals surface area contributed by atoms with Gasteiger partial charge < -0.3 is 14.4 Å². The fourth-order valence-electron chi connectivity index (χ4n) is 4.16. The van der Waals surface area contributed by atoms with Crippen LogP contribution >= 0.6 is 0 Å². The van der Waals surface area contributed by atoms with Gasteiger partial charge in [-0.3, -0.25) is 0 Å². The summed E-state index contributed by atoms with van der Waals surface area (Å²) < 4.78 is 26.1. The van der Waals surface area contributed by atoms with Crippen molar-refractivity contribution >= 4 is 11.4 Å². The number of halogens is 1. The van der Waals surface area contributed by atoms with E-state index in [4.69, 9.17) is 9.47 Å². The average Bonchev–Trinajstić information content (AvgIpc) is 2.82. The average molecular weight is 411 g/mol. The maximum atomic E-state index is 14.1. The number of methoxy groups -OCH3 is 1. The molecule has 3 nitrogen and oxygen atoms in total. The Bertz CT molecular complexity index is 1240. The van der Waals surface area contributed by atoms with Crippen LogP contribution in [0.5, 0.6) is 11.5 Å². The van der Waals surface area contributed by atoms with Gasteiger partial charge in [0.15, 0.2) is 0 Å². The summed E-state index contributed by atoms with van der Waals surface area (Å²) in [5.74, 6) is 1.20. The molecular weight excluding hydrogens is 389 g/mol. The highest BCUT2D eigenvalue weighted by Crippen LogP contribution is 2.49. The molecule has 0 N–H and O–H groups in total. The van der Waals surface area contributed by atoms with Gasteiger partial charge in [-0.05, 0) is 59.7 Å². The fraction of sp³-hybridized carbons (Fsp3) is 0.111. The van der Waals surface area contributed by atoms with E-state index < -0.39 is 6.10 Å². The molecule has 5 rings (SSSR count). The van der Waals surface area contributed by atoms with Crippen LogP contribution in [0.25, 0.3) is 11.1 Å². The lowest BCUT2D eigenvalue weighted by Crippen LogP contribution is -2.17. The van der Waals surface area contributed by atoms with Gasteiger partial charge in [-0.2, -0.15) is 0 Å². The summed E-state index contributed by atoms with van der Waals surface area (Å²) in [5.41, 5.74) is 5.80. The van der Waals surface area contributed by atoms with Crippen molar-refractivity contribution in [2.45, 2.75) is 6.10 Å². The summed E-state index contributed by atoms with van der Waals surface area (Å²) in [7, 11) is 3.69. The van der Waals surface area contributed by atoms with Gasteiger partial charge in [-0.1, -0.05) is 42.5 Å². The van der Waals surface area contributed by atoms with Crippen molar-refractivity contribution in [1.29, 1.82) is 0 Å². The Labute approximate surface area is 181 Å². The van der Waals surface area contributed by atoms with E-state index >= 15 is 0 Å². The second-order valence-corrected chi connectivity index (χ2v) is 7.55. The number of para-hydroxylation sites is 1. The SMILES string of the molecule is COc1cccc2c1-c1ccc(N(C)c3ccccc3)cc1C(c1cccc(F)c1)O2. The normalized spacial score (nSPS) is 14.2. The lowest BCUT2D eigenvalue weighted by Gasteiger charge is -2.31. The number of hydrogen-bond donors (Lipinski definition) is 0. The highest BCUT2D eigenvalue weighted by Gasteiger charge is 2.30. The Kier molecular flexibility index (Phi) is 4.83. The first-order valence-corrected chi connectivity index (χ1v) is 10.2. The number of rotatable bonds is 4. The molecule has 4 heteroatoms. The summed E-state index contributed by atoms with van der Waals surface area (Å²) >= 11 is 0. The Morgan fingerprint density at radius 1 is 0.839 bits per heavy atom. The third-order valence-corrected chi connectivity index (χ3v) is 5.72. The van der Waals surface area contributed by atoms with Crippen LogP contribution in [0.1, 0.15) is 17.2 Å². The Hall–Kier alpha value is -3.79. The molecule has 0 saturated carbocycles. The second kappa shape index (κ2) is 7.80. The van der Waals surface area contributed by atoms with Crippen molar-refractivity contribution in [3.05, 3.63) is 108 Å². The molecule has 0 amide bonds. The quantitative estimate of drug-likeness (QED) is 0.371. The van der Waals surface area contributed by atoms with Crippen molar-refractivity contribution in [3.63, 3.8) is 0 Å². The maximum Gasteiger partial charge on any atom is 0.150 e. The van der Waals surface area contributed by atoms with E-state index in [1.807, 2.05) is 49.5 Å². The monoisotopic (exact) mass is 411 g/mol. The lowest BCUT2D eigenvalue weighted by atomic mass is 9.88. The third-order valence-electron chi connectivity index (χ3n) is 5.72. The van der Waals surface area contributed by atoms with Gasteiger partial charge in [0.1, 0.15) is 23.4 Å². The molecule has 154 valence electrons. The van der Waals surface area contributed by atoms with Crippen LogP contribution in [0.2, 0.25) is 0 Å². The minimum absolute atomic E-state index is 0.281. The summed E-state index contributed by atoms with van der Waals surface area (Å²) in [5, 5.41) is 0. The molecule has 0 saturated heterocycles. The van der Waals surface area contributed by atoms with Crippen molar-refractivity contribution < 1.29 is 13.9 Å². The number of ether oxygens (including phenoxy) is 2. The van der Waals surface area contributed by atoms with E-state index in [1.165, 1.54) is 12.1 Å². The third kappa shape index (κ3) is 3.40. The molecule has 1 aliphatic rings. The van der Waals surface area contributed by atoms with Crippen LogP contribution in [0, 0.1) is 5.82 Å². The number of fused-ring (bicyclic) bond motifs is 3. The molecule has 0 radical (unpaired) electrons. The molecule has 4 aromatic rings. The van der Waals surface area contributed by atoms with E-state index in [0.717, 1.165) is 45.1 Å². The van der Waals surface area contributed by atoms with Crippen LogP contribution in [0.3, 0.4) is 0 Å². The van der Waals surface area contributed by atoms with Crippen molar-refractivity contribution in [2.24, 2.45) is 0 Å². The molecule has 0 spiro atoms. The molecule has 1 aliphatic heterocycles. The van der Waals surface area contributed by atoms with Gasteiger partial charge in [0.25, 0.3) is 0 Å². The van der Waals surface area contributed by atoms with E-state index in [1.54, 1.807) is 13.2 Å². The minimum atomic E-state index is -0.422. The lowest BCUT2D eigenvalue weighted by molar-refractivity contribution is 0.241. The summed E-state index contributed by atoms with van der Waals surface area (Å²) in [4.78, 5) is 2.13. The Morgan fingerprint density at radius 3 is 2.42 bits per heavy atom. The van der Waals surface area contributed by atoms with Crippen molar-refractivity contribution in [1.82, 2.24) is 0 Å². The molecule has 0 aromatic heterocycles. The van der Waals surface area contributed by atoms with Gasteiger partial charge in [-0.25, -0.2) is 4.39 Å². The fourth-order valence-corrected chi connectivity index (χ4v) is 4.16. The Balaban J connectivity index is 1.69. The van der Waals surface area contributed by atoms with Crippen LogP contribution < -0.4 is 14.4 Å². The molecule has 4 aromatic carbocycles. The number of benzene rings is 4. The first-order chi connectivity index (χ1) is 15.2. The zero-order valence-electron chi connectivity index (χ0n) is 17.4. The number of hydrogen-bond acceptors (Lipinski definition) is 3. The maximum absolute atomic E-state index is 14.1. The predicted octanol–water partition coefficient (Wildman–Crippen LogP) is 6.75. The summed E-state index contributed by atoms with van der Waals surface area (Å²) in [6.07, 6.45) is -0.422. The Morgan fingerprint density at radius 2 is 1.65 bits per heavy atom. The minimum Gasteiger partial charge on any atom is -0.496 e. The summed E-state index contributed by atoms with van der Waals surface area (Å²) in [6, 6.07) is 28.8. The molecular formula is C27H22FNO2. The van der Waals surface area contributed by atoms with E-state index in [9.17, 15) is 4.39 Å². The standard InChI is InChI=1S/C27H22FNO2/c1-29(20-10-4-3-5-11-20)21-14-15-22-23(17-21)27(18-8-6-9-19(28)16-18)31-25-13-7-12-24(30-2)26(22)25/h3-17,27H,1-2H3. The topological polar surface area (TPSA) is 21.7 Å². The largest absolute Gasteiger partial charge is 0.496 e. The summed E-state index contributed by atoms with van der Waals surface area (Å²) in [6.45, 7) is 0. The van der Waals surface area contributed by atoms with Crippen LogP contribution in [0.15, 0.2) is 91.0 Å². The van der Waals surface area contributed by atoms with Gasteiger partial charge >= 0.3 is 0 Å². The molecule has 31 heavy (non-hydrogen) atoms. The van der Waals surface area contributed by atoms with Crippen molar-refractivity contribution in [3.8, 4) is 22.6 Å². The number of anilines is 2. The van der Waals surface area contributed by atoms with Gasteiger partial charge in [0, 0.05) is 24.0 Å². The first-order valence-electron chi connectivity index (χ1n) is 10.2. The zero-order chi connectivity index (χ0) is 21.4. The first kappa shape index (κ1) is 19.2. The van der Waals surface area contributed by atoms with Gasteiger partial charge in [-0.15, -0.1) is 0 Å². The molecule has 1 atom stereocenters. The van der Waals surface area contributed by atoms with Crippen molar-refractivity contribution in [2.75, 3.05) is 19.1 Å². The van der Waals surface area contributed by atoms with E-state index in [-0.39, 0.29) is 5.82 Å². The molecule has 0 fully saturated rings. The highest BCUT2D eigenvalue weighted by atomic mass is 19.1. The molecule has 1 unspecified atom stereocenters. The molecule has 0 aliphatic carbocycles. The molecule has 1 heterocycles. The van der Waals surface area contributed by atoms with Gasteiger partial charge in [0.05, 0.1) is 12.7 Å². The van der Waals surface area contributed by atoms with Crippen LogP contribution in [-0.2, 0) is 0 Å². The second-order valence-electron chi connectivity index (χ2n) is 7.55. The van der Waals surface area contributed by atoms with Gasteiger partial charge in [0.2, 0.25) is 0 Å². The van der Waals surface area contributed by atoms with Crippen LogP contribution in [-0.4, -0.2) is 14.2 Å². The smallest absolute Gasteiger partial charge is 0.150 e. The van der Waals surface area contributed by atoms with E-state index in [2.05, 4.69) is 35.2 Å². The highest BCUT2D eigenvalue weighted by molar-refractivity contribution is 5.83. The van der Waals surface area contributed by atoms with E-state index in [0.29, 0.717) is 0 Å². The predicted molar refractivity (Wildman–Crippen MR) is 122 cm³/mol. The number of nitrogens with zero attached hydrogens (tertiary/aromatic N) is 1. The molecule has 0 bridgehead atoms. The zero-order valence-corrected chi connectivity index (χ0v) is 17.4. The van der Waals surface area contributed by atoms with Crippen LogP contribution in [0.4, 0.5) is 15.8 Å².